The molecule has 1 aromatic rings. The lowest BCUT2D eigenvalue weighted by Crippen LogP contribution is -2.25. The van der Waals surface area contributed by atoms with E-state index in [1.54, 1.807) is 6.33 Å². The first-order valence-electron chi connectivity index (χ1n) is 7.32. The zero-order valence-electron chi connectivity index (χ0n) is 11.8. The van der Waals surface area contributed by atoms with E-state index in [4.69, 9.17) is 5.73 Å². The van der Waals surface area contributed by atoms with Crippen molar-refractivity contribution in [3.05, 3.63) is 12.4 Å². The van der Waals surface area contributed by atoms with Crippen LogP contribution in [-0.2, 0) is 0 Å². The summed E-state index contributed by atoms with van der Waals surface area (Å²) in [6.07, 6.45) is 7.79. The Balaban J connectivity index is 1.93. The van der Waals surface area contributed by atoms with Crippen LogP contribution in [-0.4, -0.2) is 35.6 Å². The van der Waals surface area contributed by atoms with E-state index in [-0.39, 0.29) is 6.04 Å². The maximum Gasteiger partial charge on any atom is 0.134 e. The van der Waals surface area contributed by atoms with Gasteiger partial charge in [-0.3, -0.25) is 0 Å². The molecule has 1 aliphatic heterocycles. The van der Waals surface area contributed by atoms with Gasteiger partial charge in [-0.1, -0.05) is 12.8 Å². The number of rotatable bonds is 5. The summed E-state index contributed by atoms with van der Waals surface area (Å²) in [7, 11) is 0. The Morgan fingerprint density at radius 2 is 2.00 bits per heavy atom. The lowest BCUT2D eigenvalue weighted by atomic mass is 10.2. The van der Waals surface area contributed by atoms with Crippen molar-refractivity contribution in [1.29, 1.82) is 0 Å². The normalized spacial score (nSPS) is 17.9. The first kappa shape index (κ1) is 14.1. The van der Waals surface area contributed by atoms with E-state index in [2.05, 4.69) is 20.2 Å². The quantitative estimate of drug-likeness (QED) is 0.850. The van der Waals surface area contributed by atoms with Crippen molar-refractivity contribution >= 4 is 11.6 Å². The van der Waals surface area contributed by atoms with E-state index in [0.29, 0.717) is 0 Å². The highest BCUT2D eigenvalue weighted by Gasteiger charge is 2.11. The summed E-state index contributed by atoms with van der Waals surface area (Å²) in [4.78, 5) is 11.0. The van der Waals surface area contributed by atoms with E-state index in [1.165, 1.54) is 25.7 Å². The number of nitrogens with two attached hydrogens (primary N) is 1. The highest BCUT2D eigenvalue weighted by atomic mass is 15.2. The number of anilines is 2. The Bertz CT molecular complexity index is 372. The van der Waals surface area contributed by atoms with E-state index in [9.17, 15) is 0 Å². The molecule has 0 spiro atoms. The molecular formula is C14H25N5. The minimum absolute atomic E-state index is 0.222. The molecule has 1 aliphatic rings. The van der Waals surface area contributed by atoms with E-state index in [0.717, 1.165) is 37.7 Å². The van der Waals surface area contributed by atoms with Crippen molar-refractivity contribution in [1.82, 2.24) is 9.97 Å². The minimum atomic E-state index is 0.222. The van der Waals surface area contributed by atoms with Crippen molar-refractivity contribution in [3.8, 4) is 0 Å². The van der Waals surface area contributed by atoms with E-state index >= 15 is 0 Å². The van der Waals surface area contributed by atoms with Crippen molar-refractivity contribution in [3.63, 3.8) is 0 Å². The van der Waals surface area contributed by atoms with Crippen LogP contribution in [0, 0.1) is 0 Å². The molecule has 0 aliphatic carbocycles. The lowest BCUT2D eigenvalue weighted by molar-refractivity contribution is 0.689. The van der Waals surface area contributed by atoms with E-state index < -0.39 is 0 Å². The molecular weight excluding hydrogens is 238 g/mol. The molecule has 3 N–H and O–H groups in total. The molecule has 1 aromatic heterocycles. The van der Waals surface area contributed by atoms with Gasteiger partial charge in [0.05, 0.1) is 0 Å². The first-order chi connectivity index (χ1) is 9.25. The molecule has 5 heteroatoms. The standard InChI is InChI=1S/C14H25N5/c1-12(15)6-7-16-13-10-14(18-11-17-13)19-8-4-2-3-5-9-19/h10-12H,2-9,15H2,1H3,(H,16,17,18). The predicted octanol–water partition coefficient (Wildman–Crippen LogP) is 2.01. The molecule has 0 amide bonds. The molecule has 2 heterocycles. The number of hydrogen-bond acceptors (Lipinski definition) is 5. The van der Waals surface area contributed by atoms with Crippen LogP contribution < -0.4 is 16.0 Å². The number of nitrogens with one attached hydrogen (secondary N) is 1. The largest absolute Gasteiger partial charge is 0.370 e. The second-order valence-electron chi connectivity index (χ2n) is 5.36. The molecule has 0 aromatic carbocycles. The fourth-order valence-corrected chi connectivity index (χ4v) is 2.34. The third-order valence-corrected chi connectivity index (χ3v) is 3.49. The number of hydrogen-bond donors (Lipinski definition) is 2. The maximum atomic E-state index is 5.74. The molecule has 5 nitrogen and oxygen atoms in total. The third kappa shape index (κ3) is 4.67. The van der Waals surface area contributed by atoms with Gasteiger partial charge in [-0.2, -0.15) is 0 Å². The molecule has 106 valence electrons. The summed E-state index contributed by atoms with van der Waals surface area (Å²) in [5, 5.41) is 3.31. The van der Waals surface area contributed by atoms with Gasteiger partial charge in [0.1, 0.15) is 18.0 Å². The summed E-state index contributed by atoms with van der Waals surface area (Å²) in [6.45, 7) is 5.09. The van der Waals surface area contributed by atoms with Crippen molar-refractivity contribution < 1.29 is 0 Å². The second kappa shape index (κ2) is 7.28. The van der Waals surface area contributed by atoms with Gasteiger partial charge in [0.2, 0.25) is 0 Å². The minimum Gasteiger partial charge on any atom is -0.370 e. The van der Waals surface area contributed by atoms with Gasteiger partial charge in [-0.15, -0.1) is 0 Å². The van der Waals surface area contributed by atoms with Crippen LogP contribution in [0.15, 0.2) is 12.4 Å². The first-order valence-corrected chi connectivity index (χ1v) is 7.32. The Labute approximate surface area is 115 Å². The summed E-state index contributed by atoms with van der Waals surface area (Å²) < 4.78 is 0. The highest BCUT2D eigenvalue weighted by Crippen LogP contribution is 2.18. The van der Waals surface area contributed by atoms with Crippen LogP contribution in [0.25, 0.3) is 0 Å². The second-order valence-corrected chi connectivity index (χ2v) is 5.36. The molecule has 0 saturated carbocycles. The van der Waals surface area contributed by atoms with Gasteiger partial charge in [-0.05, 0) is 26.2 Å². The van der Waals surface area contributed by atoms with Gasteiger partial charge in [0.25, 0.3) is 0 Å². The molecule has 19 heavy (non-hydrogen) atoms. The van der Waals surface area contributed by atoms with Gasteiger partial charge < -0.3 is 16.0 Å². The Morgan fingerprint density at radius 3 is 2.68 bits per heavy atom. The van der Waals surface area contributed by atoms with Crippen molar-refractivity contribution in [2.24, 2.45) is 5.73 Å². The fourth-order valence-electron chi connectivity index (χ4n) is 2.34. The molecule has 1 fully saturated rings. The Morgan fingerprint density at radius 1 is 1.26 bits per heavy atom. The van der Waals surface area contributed by atoms with Crippen molar-refractivity contribution in [2.45, 2.75) is 45.1 Å². The SMILES string of the molecule is CC(N)CCNc1cc(N2CCCCCC2)ncn1. The summed E-state index contributed by atoms with van der Waals surface area (Å²) in [6, 6.07) is 2.27. The van der Waals surface area contributed by atoms with Crippen LogP contribution in [0.3, 0.4) is 0 Å². The average molecular weight is 263 g/mol. The molecule has 0 radical (unpaired) electrons. The van der Waals surface area contributed by atoms with E-state index in [1.807, 2.05) is 13.0 Å². The molecule has 1 unspecified atom stereocenters. The van der Waals surface area contributed by atoms with Gasteiger partial charge in [0.15, 0.2) is 0 Å². The van der Waals surface area contributed by atoms with Gasteiger partial charge >= 0.3 is 0 Å². The maximum absolute atomic E-state index is 5.74. The lowest BCUT2D eigenvalue weighted by Gasteiger charge is -2.21. The third-order valence-electron chi connectivity index (χ3n) is 3.49. The van der Waals surface area contributed by atoms with Gasteiger partial charge in [0, 0.05) is 31.7 Å². The van der Waals surface area contributed by atoms with Crippen LogP contribution in [0.5, 0.6) is 0 Å². The molecule has 1 atom stereocenters. The smallest absolute Gasteiger partial charge is 0.134 e. The highest BCUT2D eigenvalue weighted by molar-refractivity contribution is 5.48. The van der Waals surface area contributed by atoms with Crippen LogP contribution in [0.2, 0.25) is 0 Å². The topological polar surface area (TPSA) is 67.1 Å². The number of aromatic nitrogens is 2. The average Bonchev–Trinajstić information content (AvgIpc) is 2.67. The van der Waals surface area contributed by atoms with Crippen LogP contribution in [0.1, 0.15) is 39.0 Å². The molecule has 2 rings (SSSR count). The fraction of sp³-hybridized carbons (Fsp3) is 0.714. The summed E-state index contributed by atoms with van der Waals surface area (Å²) in [5.74, 6) is 1.94. The molecule has 1 saturated heterocycles. The van der Waals surface area contributed by atoms with Crippen molar-refractivity contribution in [2.75, 3.05) is 29.9 Å². The van der Waals surface area contributed by atoms with Crippen LogP contribution >= 0.6 is 0 Å². The Kier molecular flexibility index (Phi) is 5.39. The number of nitrogens with zero attached hydrogens (tertiary/aromatic N) is 3. The summed E-state index contributed by atoms with van der Waals surface area (Å²) >= 11 is 0. The molecule has 0 bridgehead atoms. The van der Waals surface area contributed by atoms with Gasteiger partial charge in [-0.25, -0.2) is 9.97 Å². The van der Waals surface area contributed by atoms with Crippen LogP contribution in [0.4, 0.5) is 11.6 Å². The summed E-state index contributed by atoms with van der Waals surface area (Å²) in [5.41, 5.74) is 5.74. The Hall–Kier alpha value is -1.36. The monoisotopic (exact) mass is 263 g/mol. The zero-order valence-corrected chi connectivity index (χ0v) is 11.8. The predicted molar refractivity (Wildman–Crippen MR) is 79.5 cm³/mol. The zero-order chi connectivity index (χ0) is 13.5.